The Kier molecular flexibility index (Phi) is 5.82. The third-order valence-electron chi connectivity index (χ3n) is 3.90. The van der Waals surface area contributed by atoms with Crippen LogP contribution in [0.25, 0.3) is 0 Å². The van der Waals surface area contributed by atoms with Gasteiger partial charge in [0.2, 0.25) is 0 Å². The Labute approximate surface area is 132 Å². The van der Waals surface area contributed by atoms with Gasteiger partial charge in [-0.05, 0) is 57.3 Å². The molecule has 0 amide bonds. The van der Waals surface area contributed by atoms with Crippen molar-refractivity contribution in [3.05, 3.63) is 17.0 Å². The van der Waals surface area contributed by atoms with E-state index in [9.17, 15) is 8.42 Å². The minimum atomic E-state index is -3.30. The highest BCUT2D eigenvalue weighted by Crippen LogP contribution is 2.32. The maximum Gasteiger partial charge on any atom is 0.252 e. The van der Waals surface area contributed by atoms with Gasteiger partial charge in [0, 0.05) is 17.5 Å². The van der Waals surface area contributed by atoms with E-state index >= 15 is 0 Å². The third-order valence-corrected chi connectivity index (χ3v) is 7.49. The molecule has 0 radical (unpaired) electrons. The van der Waals surface area contributed by atoms with Crippen molar-refractivity contribution in [2.45, 2.75) is 50.3 Å². The summed E-state index contributed by atoms with van der Waals surface area (Å²) < 4.78 is 27.6. The Hall–Kier alpha value is -0.430. The van der Waals surface area contributed by atoms with E-state index in [1.807, 2.05) is 13.0 Å². The van der Waals surface area contributed by atoms with Gasteiger partial charge < -0.3 is 5.32 Å². The Morgan fingerprint density at radius 1 is 1.33 bits per heavy atom. The highest BCUT2D eigenvalue weighted by molar-refractivity contribution is 7.91. The zero-order valence-corrected chi connectivity index (χ0v) is 14.8. The number of rotatable bonds is 7. The number of hydrogen-bond donors (Lipinski definition) is 1. The molecule has 1 aliphatic heterocycles. The van der Waals surface area contributed by atoms with Gasteiger partial charge in [-0.1, -0.05) is 13.8 Å². The summed E-state index contributed by atoms with van der Waals surface area (Å²) in [5, 5.41) is 3.35. The molecule has 2 rings (SSSR count). The van der Waals surface area contributed by atoms with Crippen LogP contribution in [0.4, 0.5) is 0 Å². The van der Waals surface area contributed by atoms with Crippen LogP contribution in [-0.2, 0) is 16.4 Å². The first-order valence-electron chi connectivity index (χ1n) is 7.76. The molecule has 21 heavy (non-hydrogen) atoms. The van der Waals surface area contributed by atoms with Gasteiger partial charge in [0.15, 0.2) is 0 Å². The lowest BCUT2D eigenvalue weighted by molar-refractivity contribution is 0.407. The molecule has 1 aromatic rings. The van der Waals surface area contributed by atoms with Crippen molar-refractivity contribution in [1.82, 2.24) is 9.62 Å². The SMILES string of the molecule is CCCNCCc1ccc(S(=O)(=O)N2CC(C)CC2C)s1. The highest BCUT2D eigenvalue weighted by Gasteiger charge is 2.36. The van der Waals surface area contributed by atoms with E-state index < -0.39 is 10.0 Å². The lowest BCUT2D eigenvalue weighted by Crippen LogP contribution is -2.33. The summed E-state index contributed by atoms with van der Waals surface area (Å²) in [6, 6.07) is 3.84. The lowest BCUT2D eigenvalue weighted by atomic mass is 10.1. The molecule has 1 saturated heterocycles. The summed E-state index contributed by atoms with van der Waals surface area (Å²) in [7, 11) is -3.30. The summed E-state index contributed by atoms with van der Waals surface area (Å²) in [6.07, 6.45) is 2.97. The average Bonchev–Trinajstić information content (AvgIpc) is 3.02. The Bertz CT molecular complexity index is 554. The van der Waals surface area contributed by atoms with Crippen LogP contribution in [0.2, 0.25) is 0 Å². The second kappa shape index (κ2) is 7.22. The van der Waals surface area contributed by atoms with Gasteiger partial charge in [0.05, 0.1) is 0 Å². The number of sulfonamides is 1. The molecule has 0 aromatic carbocycles. The largest absolute Gasteiger partial charge is 0.316 e. The second-order valence-corrected chi connectivity index (χ2v) is 9.27. The molecule has 2 atom stereocenters. The molecule has 0 spiro atoms. The standard InChI is InChI=1S/C15H26N2O2S2/c1-4-8-16-9-7-14-5-6-15(20-14)21(18,19)17-11-12(2)10-13(17)3/h5-6,12-13,16H,4,7-11H2,1-3H3. The topological polar surface area (TPSA) is 49.4 Å². The molecule has 1 fully saturated rings. The first-order valence-corrected chi connectivity index (χ1v) is 10.0. The van der Waals surface area contributed by atoms with Crippen molar-refractivity contribution in [3.63, 3.8) is 0 Å². The monoisotopic (exact) mass is 330 g/mol. The van der Waals surface area contributed by atoms with Crippen LogP contribution in [0.3, 0.4) is 0 Å². The fourth-order valence-corrected chi connectivity index (χ4v) is 6.10. The van der Waals surface area contributed by atoms with Gasteiger partial charge >= 0.3 is 0 Å². The van der Waals surface area contributed by atoms with Crippen LogP contribution >= 0.6 is 11.3 Å². The lowest BCUT2D eigenvalue weighted by Gasteiger charge is -2.19. The average molecular weight is 331 g/mol. The molecule has 120 valence electrons. The predicted molar refractivity (Wildman–Crippen MR) is 88.3 cm³/mol. The molecule has 0 saturated carbocycles. The van der Waals surface area contributed by atoms with E-state index in [0.29, 0.717) is 16.7 Å². The molecule has 1 aliphatic rings. The Balaban J connectivity index is 2.02. The van der Waals surface area contributed by atoms with Crippen LogP contribution in [0.15, 0.2) is 16.3 Å². The van der Waals surface area contributed by atoms with Gasteiger partial charge in [-0.3, -0.25) is 0 Å². The molecule has 1 aromatic heterocycles. The second-order valence-electron chi connectivity index (χ2n) is 5.99. The molecule has 6 heteroatoms. The summed E-state index contributed by atoms with van der Waals surface area (Å²) in [5.41, 5.74) is 0. The van der Waals surface area contributed by atoms with Gasteiger partial charge in [-0.25, -0.2) is 8.42 Å². The molecule has 2 unspecified atom stereocenters. The maximum atomic E-state index is 12.7. The number of thiophene rings is 1. The van der Waals surface area contributed by atoms with E-state index in [0.717, 1.165) is 37.2 Å². The van der Waals surface area contributed by atoms with Gasteiger partial charge in [-0.2, -0.15) is 4.31 Å². The number of nitrogens with zero attached hydrogens (tertiary/aromatic N) is 1. The first kappa shape index (κ1) is 16.9. The Morgan fingerprint density at radius 3 is 2.71 bits per heavy atom. The highest BCUT2D eigenvalue weighted by atomic mass is 32.2. The van der Waals surface area contributed by atoms with E-state index in [1.165, 1.54) is 11.3 Å². The summed E-state index contributed by atoms with van der Waals surface area (Å²) in [4.78, 5) is 1.14. The molecule has 4 nitrogen and oxygen atoms in total. The van der Waals surface area contributed by atoms with E-state index in [4.69, 9.17) is 0 Å². The molecule has 0 bridgehead atoms. The smallest absolute Gasteiger partial charge is 0.252 e. The van der Waals surface area contributed by atoms with Crippen molar-refractivity contribution in [1.29, 1.82) is 0 Å². The molecular formula is C15H26N2O2S2. The van der Waals surface area contributed by atoms with E-state index in [1.54, 1.807) is 10.4 Å². The normalized spacial score (nSPS) is 23.8. The fourth-order valence-electron chi connectivity index (χ4n) is 2.86. The van der Waals surface area contributed by atoms with Gasteiger partial charge in [0.25, 0.3) is 10.0 Å². The zero-order valence-electron chi connectivity index (χ0n) is 13.1. The van der Waals surface area contributed by atoms with Crippen LogP contribution < -0.4 is 5.32 Å². The van der Waals surface area contributed by atoms with E-state index in [2.05, 4.69) is 19.2 Å². The van der Waals surface area contributed by atoms with Crippen molar-refractivity contribution < 1.29 is 8.42 Å². The van der Waals surface area contributed by atoms with Crippen molar-refractivity contribution in [3.8, 4) is 0 Å². The van der Waals surface area contributed by atoms with Gasteiger partial charge in [-0.15, -0.1) is 11.3 Å². The van der Waals surface area contributed by atoms with E-state index in [-0.39, 0.29) is 6.04 Å². The van der Waals surface area contributed by atoms with Crippen LogP contribution in [0.5, 0.6) is 0 Å². The van der Waals surface area contributed by atoms with Crippen LogP contribution in [0, 0.1) is 5.92 Å². The first-order chi connectivity index (χ1) is 9.95. The Morgan fingerprint density at radius 2 is 2.10 bits per heavy atom. The fraction of sp³-hybridized carbons (Fsp3) is 0.733. The molecule has 0 aliphatic carbocycles. The zero-order chi connectivity index (χ0) is 15.5. The molecular weight excluding hydrogens is 304 g/mol. The van der Waals surface area contributed by atoms with Crippen molar-refractivity contribution in [2.24, 2.45) is 5.92 Å². The third kappa shape index (κ3) is 4.06. The quantitative estimate of drug-likeness (QED) is 0.782. The van der Waals surface area contributed by atoms with Crippen molar-refractivity contribution >= 4 is 21.4 Å². The van der Waals surface area contributed by atoms with Gasteiger partial charge in [0.1, 0.15) is 4.21 Å². The molecule has 1 N–H and O–H groups in total. The molecule has 2 heterocycles. The number of nitrogens with one attached hydrogen (secondary N) is 1. The number of hydrogen-bond acceptors (Lipinski definition) is 4. The summed E-state index contributed by atoms with van der Waals surface area (Å²) in [6.45, 7) is 8.83. The van der Waals surface area contributed by atoms with Crippen LogP contribution in [-0.4, -0.2) is 38.4 Å². The minimum Gasteiger partial charge on any atom is -0.316 e. The van der Waals surface area contributed by atoms with Crippen LogP contribution in [0.1, 0.15) is 38.5 Å². The summed E-state index contributed by atoms with van der Waals surface area (Å²) >= 11 is 1.42. The van der Waals surface area contributed by atoms with Crippen molar-refractivity contribution in [2.75, 3.05) is 19.6 Å². The minimum absolute atomic E-state index is 0.113. The maximum absolute atomic E-state index is 12.7. The predicted octanol–water partition coefficient (Wildman–Crippen LogP) is 2.71. The summed E-state index contributed by atoms with van der Waals surface area (Å²) in [5.74, 6) is 0.451.